The lowest BCUT2D eigenvalue weighted by molar-refractivity contribution is -0.245. The van der Waals surface area contributed by atoms with Crippen molar-refractivity contribution in [3.8, 4) is 0 Å². The highest BCUT2D eigenvalue weighted by atomic mass is 32.2. The summed E-state index contributed by atoms with van der Waals surface area (Å²) in [7, 11) is 0. The first-order chi connectivity index (χ1) is 19.0. The molecule has 4 aliphatic carbocycles. The Bertz CT molecular complexity index is 1110. The second-order valence-electron chi connectivity index (χ2n) is 12.1. The highest BCUT2D eigenvalue weighted by Gasteiger charge is 2.51. The minimum atomic E-state index is -0.575. The molecule has 2 aromatic carbocycles. The number of aliphatic hydroxyl groups is 2. The van der Waals surface area contributed by atoms with Gasteiger partial charge < -0.3 is 30.3 Å². The van der Waals surface area contributed by atoms with Gasteiger partial charge in [0.05, 0.1) is 25.4 Å². The van der Waals surface area contributed by atoms with Gasteiger partial charge in [-0.15, -0.1) is 0 Å². The van der Waals surface area contributed by atoms with E-state index in [4.69, 9.17) is 9.47 Å². The van der Waals surface area contributed by atoms with E-state index in [0.29, 0.717) is 12.2 Å². The van der Waals surface area contributed by atoms with Crippen molar-refractivity contribution in [3.63, 3.8) is 0 Å². The van der Waals surface area contributed by atoms with Gasteiger partial charge in [0.1, 0.15) is 0 Å². The van der Waals surface area contributed by atoms with E-state index in [1.807, 2.05) is 48.5 Å². The molecule has 2 amide bonds. The molecule has 1 heterocycles. The number of thioether (sulfide) groups is 1. The Hall–Kier alpha value is -2.10. The average molecular weight is 553 g/mol. The minimum Gasteiger partial charge on any atom is -0.396 e. The number of ether oxygens (including phenoxy) is 2. The van der Waals surface area contributed by atoms with Crippen molar-refractivity contribution in [2.75, 3.05) is 23.4 Å². The van der Waals surface area contributed by atoms with Gasteiger partial charge in [0.15, 0.2) is 6.29 Å². The van der Waals surface area contributed by atoms with Crippen molar-refractivity contribution in [3.05, 3.63) is 65.2 Å². The van der Waals surface area contributed by atoms with E-state index in [2.05, 4.69) is 10.6 Å². The van der Waals surface area contributed by atoms with Crippen LogP contribution in [0.5, 0.6) is 0 Å². The number of rotatable bonds is 9. The number of aliphatic hydroxyl groups excluding tert-OH is 2. The molecule has 4 bridgehead atoms. The van der Waals surface area contributed by atoms with E-state index in [-0.39, 0.29) is 37.0 Å². The van der Waals surface area contributed by atoms with Gasteiger partial charge in [-0.1, -0.05) is 36.4 Å². The molecule has 5 aliphatic rings. The number of carbonyl (C=O) groups excluding carboxylic acids is 1. The van der Waals surface area contributed by atoms with Gasteiger partial charge in [-0.25, -0.2) is 4.79 Å². The average Bonchev–Trinajstić information content (AvgIpc) is 2.92. The van der Waals surface area contributed by atoms with Crippen molar-refractivity contribution in [1.29, 1.82) is 0 Å². The molecular formula is C31H40N2O5S. The van der Waals surface area contributed by atoms with Crippen molar-refractivity contribution in [2.24, 2.45) is 17.8 Å². The zero-order valence-corrected chi connectivity index (χ0v) is 23.2. The number of carbonyl (C=O) groups is 1. The summed E-state index contributed by atoms with van der Waals surface area (Å²) in [6.07, 6.45) is 7.32. The van der Waals surface area contributed by atoms with Gasteiger partial charge in [0.25, 0.3) is 0 Å². The standard InChI is InChI=1S/C31H40N2O5S/c34-8-9-39-19-27-14-28(24-6-4-20(18-35)5-7-24)38-29(37-27)25-2-1-3-26(13-25)32-30(36)33-31-15-21-10-22(16-31)12-23(11-21)17-31/h1-7,13,21-23,27-29,34-35H,8-12,14-19H2,(H2,32,33,36)/t21?,22?,23?,27-,28+,29+,31?/m1/s1. The molecule has 39 heavy (non-hydrogen) atoms. The summed E-state index contributed by atoms with van der Waals surface area (Å²) >= 11 is 1.67. The summed E-state index contributed by atoms with van der Waals surface area (Å²) in [5.41, 5.74) is 3.45. The van der Waals surface area contributed by atoms with Crippen LogP contribution in [0.15, 0.2) is 48.5 Å². The molecule has 3 atom stereocenters. The first kappa shape index (κ1) is 27.1. The highest BCUT2D eigenvalue weighted by molar-refractivity contribution is 7.99. The summed E-state index contributed by atoms with van der Waals surface area (Å²) in [6, 6.07) is 15.5. The molecule has 5 fully saturated rings. The van der Waals surface area contributed by atoms with Crippen LogP contribution in [0, 0.1) is 17.8 Å². The monoisotopic (exact) mass is 552 g/mol. The molecule has 0 radical (unpaired) electrons. The van der Waals surface area contributed by atoms with Crippen molar-refractivity contribution < 1.29 is 24.5 Å². The number of amides is 2. The first-order valence-electron chi connectivity index (χ1n) is 14.4. The van der Waals surface area contributed by atoms with E-state index in [0.717, 1.165) is 65.1 Å². The van der Waals surface area contributed by atoms with E-state index < -0.39 is 6.29 Å². The lowest BCUT2D eigenvalue weighted by Gasteiger charge is -2.56. The molecule has 7 nitrogen and oxygen atoms in total. The molecule has 4 saturated carbocycles. The molecule has 8 heteroatoms. The fraction of sp³-hybridized carbons (Fsp3) is 0.581. The molecule has 0 unspecified atom stereocenters. The zero-order valence-electron chi connectivity index (χ0n) is 22.4. The number of benzene rings is 2. The van der Waals surface area contributed by atoms with Crippen LogP contribution in [-0.4, -0.2) is 46.0 Å². The largest absolute Gasteiger partial charge is 0.396 e. The molecule has 210 valence electrons. The van der Waals surface area contributed by atoms with Crippen LogP contribution in [0.1, 0.15) is 74.0 Å². The van der Waals surface area contributed by atoms with Gasteiger partial charge >= 0.3 is 6.03 Å². The molecule has 4 N–H and O–H groups in total. The maximum atomic E-state index is 13.1. The maximum absolute atomic E-state index is 13.1. The van der Waals surface area contributed by atoms with E-state index >= 15 is 0 Å². The van der Waals surface area contributed by atoms with Gasteiger partial charge in [0, 0.05) is 34.7 Å². The summed E-state index contributed by atoms with van der Waals surface area (Å²) in [5, 5.41) is 25.1. The molecule has 0 spiro atoms. The Morgan fingerprint density at radius 3 is 2.31 bits per heavy atom. The van der Waals surface area contributed by atoms with Crippen LogP contribution < -0.4 is 10.6 Å². The van der Waals surface area contributed by atoms with Crippen LogP contribution >= 0.6 is 11.8 Å². The topological polar surface area (TPSA) is 100 Å². The second-order valence-corrected chi connectivity index (χ2v) is 13.2. The SMILES string of the molecule is O=C(Nc1cccc([C@H]2O[C@@H](CSCCO)C[C@@H](c3ccc(CO)cc3)O2)c1)NC12CC3CC(CC(C3)C1)C2. The Morgan fingerprint density at radius 2 is 1.64 bits per heavy atom. The highest BCUT2D eigenvalue weighted by Crippen LogP contribution is 2.55. The number of anilines is 1. The van der Waals surface area contributed by atoms with Crippen LogP contribution in [0.2, 0.25) is 0 Å². The van der Waals surface area contributed by atoms with Crippen LogP contribution in [0.4, 0.5) is 10.5 Å². The van der Waals surface area contributed by atoms with Gasteiger partial charge in [-0.3, -0.25) is 0 Å². The minimum absolute atomic E-state index is 0.00813. The number of urea groups is 1. The van der Waals surface area contributed by atoms with E-state index in [9.17, 15) is 15.0 Å². The maximum Gasteiger partial charge on any atom is 0.319 e. The summed E-state index contributed by atoms with van der Waals surface area (Å²) < 4.78 is 12.8. The predicted octanol–water partition coefficient (Wildman–Crippen LogP) is 5.54. The van der Waals surface area contributed by atoms with Crippen LogP contribution in [-0.2, 0) is 16.1 Å². The molecular weight excluding hydrogens is 512 g/mol. The normalized spacial score (nSPS) is 33.2. The third-order valence-electron chi connectivity index (χ3n) is 8.99. The van der Waals surface area contributed by atoms with Crippen molar-refractivity contribution in [1.82, 2.24) is 5.32 Å². The fourth-order valence-corrected chi connectivity index (χ4v) is 8.51. The van der Waals surface area contributed by atoms with Crippen molar-refractivity contribution in [2.45, 2.75) is 75.6 Å². The molecule has 0 aromatic heterocycles. The lowest BCUT2D eigenvalue weighted by atomic mass is 9.53. The van der Waals surface area contributed by atoms with Gasteiger partial charge in [-0.05, 0) is 79.5 Å². The third-order valence-corrected chi connectivity index (χ3v) is 10.1. The quantitative estimate of drug-likeness (QED) is 0.305. The van der Waals surface area contributed by atoms with Crippen molar-refractivity contribution >= 4 is 23.5 Å². The number of hydrogen-bond donors (Lipinski definition) is 4. The third kappa shape index (κ3) is 6.30. The van der Waals surface area contributed by atoms with Crippen LogP contribution in [0.25, 0.3) is 0 Å². The molecule has 7 rings (SSSR count). The Morgan fingerprint density at radius 1 is 0.923 bits per heavy atom. The first-order valence-corrected chi connectivity index (χ1v) is 15.5. The number of hydrogen-bond acceptors (Lipinski definition) is 6. The molecule has 2 aromatic rings. The van der Waals surface area contributed by atoms with Crippen LogP contribution in [0.3, 0.4) is 0 Å². The van der Waals surface area contributed by atoms with E-state index in [1.165, 1.54) is 19.3 Å². The Labute approximate surface area is 235 Å². The second kappa shape index (κ2) is 11.8. The zero-order chi connectivity index (χ0) is 26.8. The molecule has 1 saturated heterocycles. The predicted molar refractivity (Wildman–Crippen MR) is 152 cm³/mol. The smallest absolute Gasteiger partial charge is 0.319 e. The summed E-state index contributed by atoms with van der Waals surface area (Å²) in [4.78, 5) is 13.1. The lowest BCUT2D eigenvalue weighted by Crippen LogP contribution is -2.60. The molecule has 1 aliphatic heterocycles. The van der Waals surface area contributed by atoms with Gasteiger partial charge in [-0.2, -0.15) is 11.8 Å². The van der Waals surface area contributed by atoms with Gasteiger partial charge in [0.2, 0.25) is 0 Å². The summed E-state index contributed by atoms with van der Waals surface area (Å²) in [5.74, 6) is 3.75. The number of nitrogens with one attached hydrogen (secondary N) is 2. The Kier molecular flexibility index (Phi) is 8.19. The fourth-order valence-electron chi connectivity index (χ4n) is 7.73. The summed E-state index contributed by atoms with van der Waals surface area (Å²) in [6.45, 7) is 0.149. The van der Waals surface area contributed by atoms with E-state index in [1.54, 1.807) is 11.8 Å². The Balaban J connectivity index is 1.14.